The number of anilines is 2. The summed E-state index contributed by atoms with van der Waals surface area (Å²) in [4.78, 5) is 56.0. The second-order valence-corrected chi connectivity index (χ2v) is 14.2. The minimum absolute atomic E-state index is 0.103. The van der Waals surface area contributed by atoms with Gasteiger partial charge in [0.2, 0.25) is 27.7 Å². The lowest BCUT2D eigenvalue weighted by Gasteiger charge is -2.29. The normalized spacial score (nSPS) is 19.9. The van der Waals surface area contributed by atoms with Crippen LogP contribution in [-0.4, -0.2) is 43.1 Å². The summed E-state index contributed by atoms with van der Waals surface area (Å²) < 4.78 is 29.6. The Hall–Kier alpha value is -3.76. The van der Waals surface area contributed by atoms with Crippen molar-refractivity contribution in [2.45, 2.75) is 27.6 Å². The molecule has 4 aromatic rings. The molecule has 4 heterocycles. The van der Waals surface area contributed by atoms with Crippen molar-refractivity contribution in [1.82, 2.24) is 4.57 Å². The highest BCUT2D eigenvalue weighted by Gasteiger charge is 2.57. The van der Waals surface area contributed by atoms with Gasteiger partial charge in [-0.1, -0.05) is 29.2 Å². The number of ether oxygens (including phenoxy) is 1. The Morgan fingerprint density at radius 3 is 2.36 bits per heavy atom. The number of nitrogens with two attached hydrogens (primary N) is 1. The van der Waals surface area contributed by atoms with Crippen molar-refractivity contribution in [1.29, 1.82) is 0 Å². The van der Waals surface area contributed by atoms with E-state index in [1.165, 1.54) is 52.2 Å². The average Bonchev–Trinajstić information content (AvgIpc) is 3.66. The summed E-state index contributed by atoms with van der Waals surface area (Å²) in [5.74, 6) is -1.93. The van der Waals surface area contributed by atoms with E-state index in [-0.39, 0.29) is 22.2 Å². The predicted molar refractivity (Wildman–Crippen MR) is 160 cm³/mol. The molecular formula is C27H22N4O7S4. The van der Waals surface area contributed by atoms with Crippen LogP contribution in [0.2, 0.25) is 0 Å². The van der Waals surface area contributed by atoms with Crippen molar-refractivity contribution in [3.8, 4) is 5.75 Å². The molecule has 3 atom stereocenters. The molecule has 0 bridgehead atoms. The first-order valence-corrected chi connectivity index (χ1v) is 16.6. The molecule has 6 rings (SSSR count). The zero-order valence-corrected chi connectivity index (χ0v) is 25.0. The first-order valence-electron chi connectivity index (χ1n) is 12.4. The fraction of sp³-hybridized carbons (Fsp3) is 0.185. The van der Waals surface area contributed by atoms with Gasteiger partial charge in [-0.2, -0.15) is 0 Å². The van der Waals surface area contributed by atoms with Crippen molar-refractivity contribution < 1.29 is 27.5 Å². The number of hydrogen-bond donors (Lipinski definition) is 2. The summed E-state index contributed by atoms with van der Waals surface area (Å²) in [7, 11) is -2.36. The SMILES string of the molecule is COc1ccc(N2C(=O)[C@H]3[C@H](c4cccs4)c4sc(=O)n(CC(=O)Nc5ccc(S(N)(=O)=O)cc5)c4S[C@H]3C2=O)cc1. The Kier molecular flexibility index (Phi) is 7.31. The number of thiophene rings is 1. The highest BCUT2D eigenvalue weighted by atomic mass is 32.2. The number of hydrogen-bond acceptors (Lipinski definition) is 10. The fourth-order valence-electron chi connectivity index (χ4n) is 5.09. The second kappa shape index (κ2) is 10.8. The first kappa shape index (κ1) is 28.4. The van der Waals surface area contributed by atoms with Crippen molar-refractivity contribution in [2.75, 3.05) is 17.3 Å². The Bertz CT molecular complexity index is 1860. The average molecular weight is 643 g/mol. The standard InChI is InChI=1S/C27H22N4O7S4/c1-38-16-8-6-15(7-9-16)31-24(33)21-20(18-3-2-12-39-18)23-26(40-22(21)25(31)34)30(27(35)41-23)13-19(32)29-14-4-10-17(11-5-14)42(28,36)37/h2-12,20-22H,13H2,1H3,(H,29,32)(H2,28,36,37)/t20-,21-,22+/m0/s1. The number of carbonyl (C=O) groups is 3. The van der Waals surface area contributed by atoms with Crippen LogP contribution in [0.3, 0.4) is 0 Å². The molecule has 1 fully saturated rings. The van der Waals surface area contributed by atoms with E-state index in [0.717, 1.165) is 28.0 Å². The Morgan fingerprint density at radius 2 is 1.74 bits per heavy atom. The molecule has 15 heteroatoms. The van der Waals surface area contributed by atoms with Gasteiger partial charge >= 0.3 is 4.87 Å². The number of thiazole rings is 1. The van der Waals surface area contributed by atoms with Crippen molar-refractivity contribution in [3.63, 3.8) is 0 Å². The van der Waals surface area contributed by atoms with Crippen molar-refractivity contribution >= 4 is 73.6 Å². The van der Waals surface area contributed by atoms with Crippen LogP contribution < -0.4 is 25.0 Å². The minimum atomic E-state index is -3.89. The maximum Gasteiger partial charge on any atom is 0.308 e. The van der Waals surface area contributed by atoms with Gasteiger partial charge in [0, 0.05) is 21.4 Å². The summed E-state index contributed by atoms with van der Waals surface area (Å²) in [5.41, 5.74) is 0.750. The van der Waals surface area contributed by atoms with Crippen LogP contribution in [0.5, 0.6) is 5.75 Å². The third-order valence-corrected chi connectivity index (χ3v) is 11.5. The van der Waals surface area contributed by atoms with Crippen LogP contribution in [0.1, 0.15) is 15.7 Å². The van der Waals surface area contributed by atoms with Crippen LogP contribution in [0.4, 0.5) is 11.4 Å². The van der Waals surface area contributed by atoms with E-state index in [4.69, 9.17) is 9.88 Å². The molecule has 0 unspecified atom stereocenters. The zero-order valence-electron chi connectivity index (χ0n) is 21.8. The monoisotopic (exact) mass is 642 g/mol. The number of primary sulfonamides is 1. The van der Waals surface area contributed by atoms with E-state index >= 15 is 0 Å². The third-order valence-electron chi connectivity index (χ3n) is 7.00. The van der Waals surface area contributed by atoms with Crippen LogP contribution in [0.25, 0.3) is 0 Å². The van der Waals surface area contributed by atoms with Crippen LogP contribution in [0, 0.1) is 5.92 Å². The molecule has 2 aromatic carbocycles. The van der Waals surface area contributed by atoms with Gasteiger partial charge in [0.1, 0.15) is 17.5 Å². The van der Waals surface area contributed by atoms with E-state index in [9.17, 15) is 27.6 Å². The zero-order chi connectivity index (χ0) is 29.8. The van der Waals surface area contributed by atoms with E-state index < -0.39 is 38.9 Å². The molecule has 2 aromatic heterocycles. The third kappa shape index (κ3) is 4.96. The van der Waals surface area contributed by atoms with Crippen molar-refractivity contribution in [2.24, 2.45) is 11.1 Å². The smallest absolute Gasteiger partial charge is 0.308 e. The van der Waals surface area contributed by atoms with E-state index in [0.29, 0.717) is 27.0 Å². The number of nitrogens with one attached hydrogen (secondary N) is 1. The number of benzene rings is 2. The molecule has 2 aliphatic heterocycles. The summed E-state index contributed by atoms with van der Waals surface area (Å²) in [6.45, 7) is -0.340. The molecule has 0 spiro atoms. The summed E-state index contributed by atoms with van der Waals surface area (Å²) in [6.07, 6.45) is 0. The molecule has 3 amide bonds. The number of rotatable bonds is 7. The predicted octanol–water partition coefficient (Wildman–Crippen LogP) is 3.06. The van der Waals surface area contributed by atoms with Gasteiger partial charge in [0.15, 0.2) is 0 Å². The number of nitrogens with zero attached hydrogens (tertiary/aromatic N) is 2. The largest absolute Gasteiger partial charge is 0.497 e. The Morgan fingerprint density at radius 1 is 1.02 bits per heavy atom. The van der Waals surface area contributed by atoms with Crippen molar-refractivity contribution in [3.05, 3.63) is 85.5 Å². The van der Waals surface area contributed by atoms with Crippen LogP contribution in [0.15, 0.2) is 80.8 Å². The van der Waals surface area contributed by atoms with E-state index in [1.807, 2.05) is 17.5 Å². The molecule has 0 aliphatic carbocycles. The molecule has 2 aliphatic rings. The fourth-order valence-corrected chi connectivity index (χ4v) is 9.32. The lowest BCUT2D eigenvalue weighted by atomic mass is 9.87. The maximum absolute atomic E-state index is 13.9. The maximum atomic E-state index is 13.9. The minimum Gasteiger partial charge on any atom is -0.497 e. The lowest BCUT2D eigenvalue weighted by Crippen LogP contribution is -2.32. The topological polar surface area (TPSA) is 158 Å². The Labute approximate surface area is 252 Å². The van der Waals surface area contributed by atoms with E-state index in [1.54, 1.807) is 24.3 Å². The number of methoxy groups -OCH3 is 1. The van der Waals surface area contributed by atoms with Crippen LogP contribution in [-0.2, 0) is 31.0 Å². The number of amides is 3. The highest BCUT2D eigenvalue weighted by molar-refractivity contribution is 8.00. The van der Waals surface area contributed by atoms with Gasteiger partial charge in [-0.3, -0.25) is 23.7 Å². The molecule has 1 saturated heterocycles. The number of aromatic nitrogens is 1. The molecular weight excluding hydrogens is 621 g/mol. The molecule has 3 N–H and O–H groups in total. The Balaban J connectivity index is 1.33. The quantitative estimate of drug-likeness (QED) is 0.291. The van der Waals surface area contributed by atoms with Gasteiger partial charge in [0.25, 0.3) is 0 Å². The molecule has 216 valence electrons. The van der Waals surface area contributed by atoms with Gasteiger partial charge in [0.05, 0.1) is 28.6 Å². The number of carbonyl (C=O) groups excluding carboxylic acids is 3. The van der Waals surface area contributed by atoms with Gasteiger partial charge in [-0.25, -0.2) is 18.5 Å². The van der Waals surface area contributed by atoms with E-state index in [2.05, 4.69) is 5.32 Å². The highest BCUT2D eigenvalue weighted by Crippen LogP contribution is 2.54. The van der Waals surface area contributed by atoms with Gasteiger partial charge < -0.3 is 10.1 Å². The number of sulfonamides is 1. The molecule has 0 radical (unpaired) electrons. The molecule has 11 nitrogen and oxygen atoms in total. The molecule has 42 heavy (non-hydrogen) atoms. The summed E-state index contributed by atoms with van der Waals surface area (Å²) >= 11 is 3.53. The van der Waals surface area contributed by atoms with Gasteiger partial charge in [-0.05, 0) is 60.0 Å². The summed E-state index contributed by atoms with van der Waals surface area (Å²) in [6, 6.07) is 15.7. The lowest BCUT2D eigenvalue weighted by molar-refractivity contribution is -0.122. The number of fused-ring (bicyclic) bond motifs is 2. The van der Waals surface area contributed by atoms with Crippen LogP contribution >= 0.6 is 34.4 Å². The first-order chi connectivity index (χ1) is 20.1. The number of thioether (sulfide) groups is 1. The second-order valence-electron chi connectivity index (χ2n) is 9.51. The number of imide groups is 1. The summed E-state index contributed by atoms with van der Waals surface area (Å²) in [5, 5.41) is 9.34. The molecule has 0 saturated carbocycles. The van der Waals surface area contributed by atoms with Gasteiger partial charge in [-0.15, -0.1) is 11.3 Å².